The number of ether oxygens (including phenoxy) is 2. The smallest absolute Gasteiger partial charge is 0.193 e. The second kappa shape index (κ2) is 6.20. The van der Waals surface area contributed by atoms with Crippen LogP contribution in [0.25, 0.3) is 0 Å². The Kier molecular flexibility index (Phi) is 4.14. The third-order valence-electron chi connectivity index (χ3n) is 6.40. The summed E-state index contributed by atoms with van der Waals surface area (Å²) in [6.45, 7) is 6.26. The van der Waals surface area contributed by atoms with E-state index in [1.807, 2.05) is 13.1 Å². The molecule has 1 aromatic carbocycles. The van der Waals surface area contributed by atoms with Gasteiger partial charge in [-0.05, 0) is 25.3 Å². The molecule has 2 aliphatic heterocycles. The van der Waals surface area contributed by atoms with Gasteiger partial charge >= 0.3 is 0 Å². The minimum absolute atomic E-state index is 0.108. The molecule has 0 bridgehead atoms. The van der Waals surface area contributed by atoms with Gasteiger partial charge in [-0.2, -0.15) is 0 Å². The molecule has 4 rings (SSSR count). The van der Waals surface area contributed by atoms with Crippen LogP contribution in [0.3, 0.4) is 0 Å². The lowest BCUT2D eigenvalue weighted by Crippen LogP contribution is -2.43. The molecule has 5 nitrogen and oxygen atoms in total. The van der Waals surface area contributed by atoms with Gasteiger partial charge in [-0.15, -0.1) is 0 Å². The van der Waals surface area contributed by atoms with Crippen LogP contribution >= 0.6 is 0 Å². The summed E-state index contributed by atoms with van der Waals surface area (Å²) in [7, 11) is 3.64. The molecule has 0 aromatic heterocycles. The highest BCUT2D eigenvalue weighted by Crippen LogP contribution is 2.51. The molecule has 1 aromatic rings. The van der Waals surface area contributed by atoms with Gasteiger partial charge in [-0.3, -0.25) is 4.99 Å². The highest BCUT2D eigenvalue weighted by Gasteiger charge is 2.54. The molecule has 0 amide bonds. The normalized spacial score (nSPS) is 34.6. The van der Waals surface area contributed by atoms with E-state index in [9.17, 15) is 0 Å². The fourth-order valence-corrected chi connectivity index (χ4v) is 4.53. The monoisotopic (exact) mass is 343 g/mol. The quantitative estimate of drug-likeness (QED) is 0.676. The molecule has 1 N–H and O–H groups in total. The van der Waals surface area contributed by atoms with E-state index in [0.29, 0.717) is 11.5 Å². The summed E-state index contributed by atoms with van der Waals surface area (Å²) >= 11 is 0. The number of hydrogen-bond donors (Lipinski definition) is 1. The average Bonchev–Trinajstić information content (AvgIpc) is 3.00. The van der Waals surface area contributed by atoms with Crippen molar-refractivity contribution in [2.45, 2.75) is 37.6 Å². The van der Waals surface area contributed by atoms with Gasteiger partial charge in [0, 0.05) is 49.2 Å². The van der Waals surface area contributed by atoms with Gasteiger partial charge in [0.15, 0.2) is 5.96 Å². The summed E-state index contributed by atoms with van der Waals surface area (Å²) in [6, 6.07) is 8.76. The number of para-hydroxylation sites is 1. The lowest BCUT2D eigenvalue weighted by atomic mass is 9.87. The molecule has 2 saturated heterocycles. The van der Waals surface area contributed by atoms with Crippen LogP contribution < -0.4 is 10.1 Å². The molecule has 3 fully saturated rings. The number of aliphatic imine (C=N–C) groups is 1. The van der Waals surface area contributed by atoms with Crippen LogP contribution in [0.5, 0.6) is 5.75 Å². The van der Waals surface area contributed by atoms with Crippen molar-refractivity contribution >= 4 is 5.96 Å². The Morgan fingerprint density at radius 1 is 1.36 bits per heavy atom. The topological polar surface area (TPSA) is 46.1 Å². The van der Waals surface area contributed by atoms with Gasteiger partial charge in [0.2, 0.25) is 0 Å². The fraction of sp³-hybridized carbons (Fsp3) is 0.650. The fourth-order valence-electron chi connectivity index (χ4n) is 4.53. The molecule has 1 aliphatic carbocycles. The zero-order valence-corrected chi connectivity index (χ0v) is 15.5. The van der Waals surface area contributed by atoms with E-state index in [2.05, 4.69) is 40.3 Å². The van der Waals surface area contributed by atoms with Crippen LogP contribution in [0, 0.1) is 5.41 Å². The molecular formula is C20H29N3O2. The predicted octanol–water partition coefficient (Wildman–Crippen LogP) is 2.41. The average molecular weight is 343 g/mol. The largest absolute Gasteiger partial charge is 0.496 e. The highest BCUT2D eigenvalue weighted by molar-refractivity contribution is 5.81. The Morgan fingerprint density at radius 3 is 2.92 bits per heavy atom. The molecule has 2 heterocycles. The van der Waals surface area contributed by atoms with Gasteiger partial charge in [-0.1, -0.05) is 25.1 Å². The molecular weight excluding hydrogens is 314 g/mol. The van der Waals surface area contributed by atoms with E-state index in [4.69, 9.17) is 9.47 Å². The molecule has 1 spiro atoms. The minimum Gasteiger partial charge on any atom is -0.496 e. The SMILES string of the molecule is CN=C(NC1CC1(C)c1ccccc1OC)N1CCC2(CCOC2)C1. The molecule has 3 atom stereocenters. The Balaban J connectivity index is 1.44. The molecule has 25 heavy (non-hydrogen) atoms. The van der Waals surface area contributed by atoms with Crippen molar-refractivity contribution < 1.29 is 9.47 Å². The lowest BCUT2D eigenvalue weighted by molar-refractivity contribution is 0.156. The highest BCUT2D eigenvalue weighted by atomic mass is 16.5. The summed E-state index contributed by atoms with van der Waals surface area (Å²) in [5.74, 6) is 2.01. The van der Waals surface area contributed by atoms with Gasteiger partial charge in [0.25, 0.3) is 0 Å². The summed E-state index contributed by atoms with van der Waals surface area (Å²) < 4.78 is 11.2. The third kappa shape index (κ3) is 2.88. The number of nitrogens with zero attached hydrogens (tertiary/aromatic N) is 2. The Bertz CT molecular complexity index is 669. The van der Waals surface area contributed by atoms with E-state index in [-0.39, 0.29) is 5.41 Å². The van der Waals surface area contributed by atoms with Crippen LogP contribution in [0.2, 0.25) is 0 Å². The molecule has 3 unspecified atom stereocenters. The Labute approximate surface area is 150 Å². The molecule has 1 saturated carbocycles. The van der Waals surface area contributed by atoms with Crippen molar-refractivity contribution in [3.63, 3.8) is 0 Å². The minimum atomic E-state index is 0.108. The van der Waals surface area contributed by atoms with Gasteiger partial charge in [0.05, 0.1) is 13.7 Å². The summed E-state index contributed by atoms with van der Waals surface area (Å²) in [5.41, 5.74) is 1.75. The van der Waals surface area contributed by atoms with E-state index >= 15 is 0 Å². The summed E-state index contributed by atoms with van der Waals surface area (Å²) in [5, 5.41) is 3.71. The van der Waals surface area contributed by atoms with Crippen LogP contribution in [-0.4, -0.2) is 57.4 Å². The van der Waals surface area contributed by atoms with Gasteiger partial charge in [-0.25, -0.2) is 0 Å². The van der Waals surface area contributed by atoms with Crippen molar-refractivity contribution in [2.75, 3.05) is 40.5 Å². The van der Waals surface area contributed by atoms with E-state index in [0.717, 1.165) is 44.4 Å². The maximum Gasteiger partial charge on any atom is 0.193 e. The van der Waals surface area contributed by atoms with Crippen molar-refractivity contribution in [3.8, 4) is 5.75 Å². The van der Waals surface area contributed by atoms with Gasteiger partial charge < -0.3 is 19.7 Å². The first-order valence-electron chi connectivity index (χ1n) is 9.30. The number of methoxy groups -OCH3 is 1. The number of benzene rings is 1. The second-order valence-corrected chi connectivity index (χ2v) is 8.04. The summed E-state index contributed by atoms with van der Waals surface area (Å²) in [4.78, 5) is 6.98. The number of likely N-dealkylation sites (tertiary alicyclic amines) is 1. The Morgan fingerprint density at radius 2 is 2.20 bits per heavy atom. The number of guanidine groups is 1. The zero-order valence-electron chi connectivity index (χ0n) is 15.5. The van der Waals surface area contributed by atoms with Crippen molar-refractivity contribution in [1.29, 1.82) is 0 Å². The van der Waals surface area contributed by atoms with Crippen molar-refractivity contribution in [1.82, 2.24) is 10.2 Å². The standard InChI is InChI=1S/C20H29N3O2/c1-19(15-6-4-5-7-16(15)24-3)12-17(19)22-18(21-2)23-10-8-20(13-23)9-11-25-14-20/h4-7,17H,8-14H2,1-3H3,(H,21,22). The first kappa shape index (κ1) is 16.7. The maximum atomic E-state index is 5.65. The van der Waals surface area contributed by atoms with E-state index < -0.39 is 0 Å². The van der Waals surface area contributed by atoms with E-state index in [1.54, 1.807) is 7.11 Å². The number of rotatable bonds is 3. The number of nitrogens with one attached hydrogen (secondary N) is 1. The Hall–Kier alpha value is -1.75. The molecule has 5 heteroatoms. The van der Waals surface area contributed by atoms with Crippen LogP contribution in [-0.2, 0) is 10.2 Å². The maximum absolute atomic E-state index is 5.65. The third-order valence-corrected chi connectivity index (χ3v) is 6.40. The lowest BCUT2D eigenvalue weighted by Gasteiger charge is -2.26. The molecule has 136 valence electrons. The van der Waals surface area contributed by atoms with Crippen molar-refractivity contribution in [2.24, 2.45) is 10.4 Å². The predicted molar refractivity (Wildman–Crippen MR) is 99.3 cm³/mol. The van der Waals surface area contributed by atoms with Crippen LogP contribution in [0.15, 0.2) is 29.3 Å². The zero-order chi connectivity index (χ0) is 17.5. The first-order chi connectivity index (χ1) is 12.1. The van der Waals surface area contributed by atoms with Crippen LogP contribution in [0.4, 0.5) is 0 Å². The van der Waals surface area contributed by atoms with Gasteiger partial charge in [0.1, 0.15) is 5.75 Å². The van der Waals surface area contributed by atoms with Crippen LogP contribution in [0.1, 0.15) is 31.7 Å². The number of hydrogen-bond acceptors (Lipinski definition) is 3. The van der Waals surface area contributed by atoms with Crippen molar-refractivity contribution in [3.05, 3.63) is 29.8 Å². The molecule has 3 aliphatic rings. The molecule has 0 radical (unpaired) electrons. The van der Waals surface area contributed by atoms with E-state index in [1.165, 1.54) is 18.4 Å². The first-order valence-corrected chi connectivity index (χ1v) is 9.30. The second-order valence-electron chi connectivity index (χ2n) is 8.04. The summed E-state index contributed by atoms with van der Waals surface area (Å²) in [6.07, 6.45) is 3.50.